The predicted octanol–water partition coefficient (Wildman–Crippen LogP) is 2.27. The van der Waals surface area contributed by atoms with Gasteiger partial charge in [0.2, 0.25) is 5.91 Å². The van der Waals surface area contributed by atoms with Gasteiger partial charge in [0.25, 0.3) is 0 Å². The summed E-state index contributed by atoms with van der Waals surface area (Å²) < 4.78 is 0. The number of anilines is 2. The summed E-state index contributed by atoms with van der Waals surface area (Å²) in [5.41, 5.74) is 4.43. The van der Waals surface area contributed by atoms with Crippen molar-refractivity contribution in [2.24, 2.45) is 0 Å². The number of hydrogen-bond donors (Lipinski definition) is 1. The number of rotatable bonds is 0. The van der Waals surface area contributed by atoms with Gasteiger partial charge in [-0.1, -0.05) is 24.3 Å². The molecule has 0 spiro atoms. The highest BCUT2D eigenvalue weighted by molar-refractivity contribution is 6.03. The van der Waals surface area contributed by atoms with Crippen molar-refractivity contribution in [3.63, 3.8) is 0 Å². The fraction of sp³-hybridized carbons (Fsp3) is 0.250. The number of hydrogen-bond acceptors (Lipinski definition) is 3. The van der Waals surface area contributed by atoms with Crippen molar-refractivity contribution in [2.45, 2.75) is 25.9 Å². The summed E-state index contributed by atoms with van der Waals surface area (Å²) in [4.78, 5) is 19.0. The molecule has 0 saturated heterocycles. The van der Waals surface area contributed by atoms with Crippen molar-refractivity contribution in [1.29, 1.82) is 0 Å². The smallest absolute Gasteiger partial charge is 0.247 e. The van der Waals surface area contributed by atoms with Crippen LogP contribution in [0.1, 0.15) is 16.7 Å². The largest absolute Gasteiger partial charge is 0.338 e. The number of fused-ring (bicyclic) bond motifs is 4. The second-order valence-electron chi connectivity index (χ2n) is 5.49. The number of pyridine rings is 1. The fourth-order valence-electron chi connectivity index (χ4n) is 3.08. The van der Waals surface area contributed by atoms with Gasteiger partial charge in [-0.05, 0) is 29.7 Å². The average molecular weight is 265 g/mol. The predicted molar refractivity (Wildman–Crippen MR) is 77.7 cm³/mol. The molecule has 1 aromatic heterocycles. The zero-order valence-electron chi connectivity index (χ0n) is 11.3. The van der Waals surface area contributed by atoms with Crippen LogP contribution in [0.3, 0.4) is 0 Å². The lowest BCUT2D eigenvalue weighted by Gasteiger charge is -2.40. The van der Waals surface area contributed by atoms with E-state index < -0.39 is 0 Å². The van der Waals surface area contributed by atoms with Crippen molar-refractivity contribution < 1.29 is 4.79 Å². The van der Waals surface area contributed by atoms with Crippen LogP contribution in [0.15, 0.2) is 36.5 Å². The molecule has 0 bridgehead atoms. The normalized spacial score (nSPS) is 19.8. The van der Waals surface area contributed by atoms with Crippen LogP contribution in [0.4, 0.5) is 11.5 Å². The van der Waals surface area contributed by atoms with Gasteiger partial charge < -0.3 is 10.2 Å². The third-order valence-electron chi connectivity index (χ3n) is 4.08. The molecule has 20 heavy (non-hydrogen) atoms. The second-order valence-corrected chi connectivity index (χ2v) is 5.49. The maximum atomic E-state index is 12.3. The summed E-state index contributed by atoms with van der Waals surface area (Å²) in [7, 11) is 0. The molecule has 1 amide bonds. The Morgan fingerprint density at radius 2 is 2.10 bits per heavy atom. The van der Waals surface area contributed by atoms with E-state index in [9.17, 15) is 4.79 Å². The molecule has 3 heterocycles. The minimum absolute atomic E-state index is 0.0689. The van der Waals surface area contributed by atoms with Gasteiger partial charge in [0.15, 0.2) is 5.82 Å². The first-order valence-corrected chi connectivity index (χ1v) is 6.83. The van der Waals surface area contributed by atoms with Crippen LogP contribution in [0, 0.1) is 6.92 Å². The van der Waals surface area contributed by atoms with Crippen LogP contribution < -0.4 is 10.2 Å². The lowest BCUT2D eigenvalue weighted by atomic mass is 9.92. The number of aromatic nitrogens is 1. The Hall–Kier alpha value is -2.36. The molecule has 2 aliphatic heterocycles. The van der Waals surface area contributed by atoms with Gasteiger partial charge in [0.1, 0.15) is 6.04 Å². The summed E-state index contributed by atoms with van der Waals surface area (Å²) in [6, 6.07) is 10.2. The highest BCUT2D eigenvalue weighted by Gasteiger charge is 2.37. The van der Waals surface area contributed by atoms with Gasteiger partial charge in [0, 0.05) is 19.2 Å². The molecular formula is C16H15N3O. The molecule has 1 aromatic carbocycles. The summed E-state index contributed by atoms with van der Waals surface area (Å²) in [5.74, 6) is 0.953. The van der Waals surface area contributed by atoms with Crippen LogP contribution in [0.5, 0.6) is 0 Å². The van der Waals surface area contributed by atoms with Crippen LogP contribution in [-0.2, 0) is 17.8 Å². The molecule has 0 aliphatic carbocycles. The Kier molecular flexibility index (Phi) is 2.33. The second kappa shape index (κ2) is 4.07. The maximum absolute atomic E-state index is 12.3. The Balaban J connectivity index is 1.83. The van der Waals surface area contributed by atoms with Gasteiger partial charge in [0.05, 0.1) is 5.69 Å². The first-order valence-electron chi connectivity index (χ1n) is 6.83. The zero-order valence-corrected chi connectivity index (χ0v) is 11.3. The minimum atomic E-state index is -0.146. The SMILES string of the molecule is Cc1cnc2c(c1)NC(=O)C1Cc3ccccc3CN21. The topological polar surface area (TPSA) is 45.2 Å². The molecular weight excluding hydrogens is 250 g/mol. The lowest BCUT2D eigenvalue weighted by Crippen LogP contribution is -2.51. The molecule has 2 aliphatic rings. The lowest BCUT2D eigenvalue weighted by molar-refractivity contribution is -0.117. The van der Waals surface area contributed by atoms with E-state index >= 15 is 0 Å². The van der Waals surface area contributed by atoms with E-state index in [0.29, 0.717) is 0 Å². The van der Waals surface area contributed by atoms with Crippen molar-refractivity contribution >= 4 is 17.4 Å². The van der Waals surface area contributed by atoms with E-state index in [-0.39, 0.29) is 11.9 Å². The molecule has 2 aromatic rings. The number of carbonyl (C=O) groups excluding carboxylic acids is 1. The van der Waals surface area contributed by atoms with E-state index in [4.69, 9.17) is 0 Å². The molecule has 1 unspecified atom stereocenters. The molecule has 1 N–H and O–H groups in total. The molecule has 4 nitrogen and oxygen atoms in total. The molecule has 1 atom stereocenters. The van der Waals surface area contributed by atoms with Crippen molar-refractivity contribution in [3.05, 3.63) is 53.2 Å². The number of aryl methyl sites for hydroxylation is 1. The van der Waals surface area contributed by atoms with E-state index in [2.05, 4.69) is 27.3 Å². The number of nitrogens with one attached hydrogen (secondary N) is 1. The average Bonchev–Trinajstić information content (AvgIpc) is 2.45. The maximum Gasteiger partial charge on any atom is 0.247 e. The molecule has 4 heteroatoms. The number of nitrogens with zero attached hydrogens (tertiary/aromatic N) is 2. The number of amides is 1. The Morgan fingerprint density at radius 1 is 1.30 bits per heavy atom. The van der Waals surface area contributed by atoms with Crippen LogP contribution in [-0.4, -0.2) is 16.9 Å². The van der Waals surface area contributed by atoms with Crippen molar-refractivity contribution in [2.75, 3.05) is 10.2 Å². The van der Waals surface area contributed by atoms with Crippen LogP contribution in [0.25, 0.3) is 0 Å². The standard InChI is InChI=1S/C16H15N3O/c1-10-6-13-15(17-8-10)19-9-12-5-3-2-4-11(12)7-14(19)16(20)18-13/h2-6,8,14H,7,9H2,1H3,(H,18,20). The molecule has 0 fully saturated rings. The number of benzene rings is 1. The van der Waals surface area contributed by atoms with E-state index in [1.54, 1.807) is 0 Å². The Morgan fingerprint density at radius 3 is 2.95 bits per heavy atom. The summed E-state index contributed by atoms with van der Waals surface area (Å²) >= 11 is 0. The van der Waals surface area contributed by atoms with Crippen molar-refractivity contribution in [1.82, 2.24) is 4.98 Å². The minimum Gasteiger partial charge on any atom is -0.338 e. The Labute approximate surface area is 117 Å². The van der Waals surface area contributed by atoms with Gasteiger partial charge >= 0.3 is 0 Å². The van der Waals surface area contributed by atoms with Gasteiger partial charge in [-0.3, -0.25) is 4.79 Å². The van der Waals surface area contributed by atoms with Gasteiger partial charge in [-0.25, -0.2) is 4.98 Å². The van der Waals surface area contributed by atoms with Crippen LogP contribution in [0.2, 0.25) is 0 Å². The van der Waals surface area contributed by atoms with E-state index in [0.717, 1.165) is 30.0 Å². The first kappa shape index (κ1) is 11.5. The zero-order chi connectivity index (χ0) is 13.7. The summed E-state index contributed by atoms with van der Waals surface area (Å²) in [5, 5.41) is 2.99. The highest BCUT2D eigenvalue weighted by Crippen LogP contribution is 2.36. The van der Waals surface area contributed by atoms with E-state index in [1.807, 2.05) is 31.3 Å². The third-order valence-corrected chi connectivity index (χ3v) is 4.08. The molecule has 100 valence electrons. The first-order chi connectivity index (χ1) is 9.72. The van der Waals surface area contributed by atoms with Gasteiger partial charge in [-0.15, -0.1) is 0 Å². The van der Waals surface area contributed by atoms with Gasteiger partial charge in [-0.2, -0.15) is 0 Å². The fourth-order valence-corrected chi connectivity index (χ4v) is 3.08. The quantitative estimate of drug-likeness (QED) is 0.794. The molecule has 0 radical (unpaired) electrons. The van der Waals surface area contributed by atoms with E-state index in [1.165, 1.54) is 11.1 Å². The summed E-state index contributed by atoms with van der Waals surface area (Å²) in [6.45, 7) is 2.73. The molecule has 0 saturated carbocycles. The third kappa shape index (κ3) is 1.61. The summed E-state index contributed by atoms with van der Waals surface area (Å²) in [6.07, 6.45) is 2.60. The number of carbonyl (C=O) groups is 1. The molecule has 4 rings (SSSR count). The Bertz CT molecular complexity index is 711. The monoisotopic (exact) mass is 265 g/mol. The van der Waals surface area contributed by atoms with Crippen LogP contribution >= 0.6 is 0 Å². The highest BCUT2D eigenvalue weighted by atomic mass is 16.2. The van der Waals surface area contributed by atoms with Crippen molar-refractivity contribution in [3.8, 4) is 0 Å².